The molecule has 2 rings (SSSR count). The van der Waals surface area contributed by atoms with Gasteiger partial charge in [-0.2, -0.15) is 0 Å². The number of aliphatic hydroxyl groups excluding tert-OH is 1. The van der Waals surface area contributed by atoms with E-state index in [4.69, 9.17) is 19.9 Å². The van der Waals surface area contributed by atoms with Crippen molar-refractivity contribution in [2.75, 3.05) is 20.8 Å². The number of nitrogens with two attached hydrogens (primary N) is 1. The van der Waals surface area contributed by atoms with E-state index in [1.807, 2.05) is 0 Å². The Bertz CT molecular complexity index is 642. The summed E-state index contributed by atoms with van der Waals surface area (Å²) in [6.07, 6.45) is -1.50. The zero-order valence-corrected chi connectivity index (χ0v) is 13.4. The first-order valence-corrected chi connectivity index (χ1v) is 7.33. The van der Waals surface area contributed by atoms with Gasteiger partial charge in [0.1, 0.15) is 18.3 Å². The first-order chi connectivity index (χ1) is 10.9. The summed E-state index contributed by atoms with van der Waals surface area (Å²) in [5.74, 6) is 0. The largest absolute Gasteiger partial charge is 0.387 e. The number of aliphatic hydroxyl groups is 1. The highest BCUT2D eigenvalue weighted by Gasteiger charge is 2.47. The molecule has 0 spiro atoms. The van der Waals surface area contributed by atoms with Gasteiger partial charge in [-0.25, -0.2) is 4.79 Å². The summed E-state index contributed by atoms with van der Waals surface area (Å²) in [6, 6.07) is -0.479. The number of H-pyrrole nitrogens is 1. The number of ether oxygens (including phenoxy) is 3. The van der Waals surface area contributed by atoms with Crippen LogP contribution in [0, 0.1) is 6.92 Å². The molecule has 4 N–H and O–H groups in total. The summed E-state index contributed by atoms with van der Waals surface area (Å²) in [7, 11) is 2.97. The number of hydrogen-bond donors (Lipinski definition) is 3. The summed E-state index contributed by atoms with van der Waals surface area (Å²) in [6.45, 7) is 2.00. The molecule has 1 aliphatic heterocycles. The molecule has 1 aliphatic rings. The number of methoxy groups -OCH3 is 2. The van der Waals surface area contributed by atoms with Crippen LogP contribution in [0.25, 0.3) is 0 Å². The second-order valence-electron chi connectivity index (χ2n) is 5.61. The summed E-state index contributed by atoms with van der Waals surface area (Å²) < 4.78 is 17.3. The zero-order valence-electron chi connectivity index (χ0n) is 13.4. The third-order valence-corrected chi connectivity index (χ3v) is 4.02. The molecule has 1 aromatic rings. The highest BCUT2D eigenvalue weighted by Crippen LogP contribution is 2.32. The van der Waals surface area contributed by atoms with E-state index in [1.165, 1.54) is 17.9 Å². The Morgan fingerprint density at radius 3 is 2.78 bits per heavy atom. The minimum absolute atomic E-state index is 0.352. The number of aryl methyl sites for hydroxylation is 1. The summed E-state index contributed by atoms with van der Waals surface area (Å²) in [4.78, 5) is 25.7. The highest BCUT2D eigenvalue weighted by atomic mass is 16.6. The number of nitrogens with zero attached hydrogens (tertiary/aromatic N) is 1. The van der Waals surface area contributed by atoms with E-state index in [1.54, 1.807) is 14.0 Å². The van der Waals surface area contributed by atoms with Gasteiger partial charge in [0.05, 0.1) is 0 Å². The standard InChI is InChI=1S/C14H23N3O6/c1-7-6-17(14(20)16-12(7)19)13-11(22-3)9(18)10(23-13)8(15)4-5-21-2/h6,8-11,13,18H,4-5,15H2,1-3H3,(H,16,19,20)/t8-,9+,10+,11+,13+/m0/s1. The molecule has 1 fully saturated rings. The summed E-state index contributed by atoms with van der Waals surface area (Å²) >= 11 is 0. The van der Waals surface area contributed by atoms with Gasteiger partial charge in [-0.3, -0.25) is 14.3 Å². The Morgan fingerprint density at radius 1 is 1.48 bits per heavy atom. The summed E-state index contributed by atoms with van der Waals surface area (Å²) in [5, 5.41) is 10.4. The van der Waals surface area contributed by atoms with Gasteiger partial charge in [-0.1, -0.05) is 0 Å². The molecule has 0 aliphatic carbocycles. The molecule has 0 unspecified atom stereocenters. The van der Waals surface area contributed by atoms with Gasteiger partial charge in [0.2, 0.25) is 0 Å². The molecule has 2 heterocycles. The molecule has 0 aromatic carbocycles. The third kappa shape index (κ3) is 3.54. The van der Waals surface area contributed by atoms with Crippen LogP contribution in [0.4, 0.5) is 0 Å². The molecule has 23 heavy (non-hydrogen) atoms. The minimum Gasteiger partial charge on any atom is -0.387 e. The second-order valence-corrected chi connectivity index (χ2v) is 5.61. The van der Waals surface area contributed by atoms with E-state index in [-0.39, 0.29) is 0 Å². The Labute approximate surface area is 133 Å². The van der Waals surface area contributed by atoms with Crippen LogP contribution in [0.15, 0.2) is 15.8 Å². The van der Waals surface area contributed by atoms with E-state index < -0.39 is 41.8 Å². The molecule has 0 bridgehead atoms. The van der Waals surface area contributed by atoms with Gasteiger partial charge in [0.15, 0.2) is 6.23 Å². The van der Waals surface area contributed by atoms with Crippen LogP contribution in [-0.4, -0.2) is 59.8 Å². The quantitative estimate of drug-likeness (QED) is 0.578. The smallest absolute Gasteiger partial charge is 0.330 e. The molecular weight excluding hydrogens is 306 g/mol. The molecule has 0 radical (unpaired) electrons. The first-order valence-electron chi connectivity index (χ1n) is 7.33. The Morgan fingerprint density at radius 2 is 2.17 bits per heavy atom. The summed E-state index contributed by atoms with van der Waals surface area (Å²) in [5.41, 5.74) is 5.29. The maximum Gasteiger partial charge on any atom is 0.330 e. The van der Waals surface area contributed by atoms with Crippen LogP contribution >= 0.6 is 0 Å². The van der Waals surface area contributed by atoms with Gasteiger partial charge in [0, 0.05) is 38.6 Å². The van der Waals surface area contributed by atoms with Crippen LogP contribution < -0.4 is 17.0 Å². The third-order valence-electron chi connectivity index (χ3n) is 4.02. The lowest BCUT2D eigenvalue weighted by molar-refractivity contribution is -0.0589. The van der Waals surface area contributed by atoms with Crippen LogP contribution in [0.3, 0.4) is 0 Å². The van der Waals surface area contributed by atoms with Crippen LogP contribution in [-0.2, 0) is 14.2 Å². The Balaban J connectivity index is 2.30. The highest BCUT2D eigenvalue weighted by molar-refractivity contribution is 5.04. The van der Waals surface area contributed by atoms with Crippen molar-refractivity contribution in [2.45, 2.75) is 43.9 Å². The van der Waals surface area contributed by atoms with Crippen molar-refractivity contribution in [2.24, 2.45) is 5.73 Å². The van der Waals surface area contributed by atoms with E-state index >= 15 is 0 Å². The molecule has 0 saturated carbocycles. The van der Waals surface area contributed by atoms with Gasteiger partial charge in [-0.05, 0) is 13.3 Å². The molecule has 130 valence electrons. The fraction of sp³-hybridized carbons (Fsp3) is 0.714. The van der Waals surface area contributed by atoms with E-state index in [0.717, 1.165) is 0 Å². The monoisotopic (exact) mass is 329 g/mol. The molecule has 5 atom stereocenters. The molecule has 0 amide bonds. The van der Waals surface area contributed by atoms with Crippen molar-refractivity contribution in [1.82, 2.24) is 9.55 Å². The molecule has 9 heteroatoms. The maximum atomic E-state index is 12.0. The van der Waals surface area contributed by atoms with Crippen LogP contribution in [0.1, 0.15) is 18.2 Å². The van der Waals surface area contributed by atoms with E-state index in [9.17, 15) is 14.7 Å². The minimum atomic E-state index is -1.00. The average molecular weight is 329 g/mol. The predicted octanol–water partition coefficient (Wildman–Crippen LogP) is -1.52. The van der Waals surface area contributed by atoms with Crippen molar-refractivity contribution in [3.05, 3.63) is 32.6 Å². The number of aromatic amines is 1. The lowest BCUT2D eigenvalue weighted by atomic mass is 10.0. The topological polar surface area (TPSA) is 129 Å². The number of rotatable bonds is 6. The van der Waals surface area contributed by atoms with Crippen molar-refractivity contribution < 1.29 is 19.3 Å². The fourth-order valence-corrected chi connectivity index (χ4v) is 2.70. The van der Waals surface area contributed by atoms with Crippen LogP contribution in [0.2, 0.25) is 0 Å². The van der Waals surface area contributed by atoms with Gasteiger partial charge in [-0.15, -0.1) is 0 Å². The molecular formula is C14H23N3O6. The lowest BCUT2D eigenvalue weighted by Gasteiger charge is -2.21. The number of nitrogens with one attached hydrogen (secondary N) is 1. The van der Waals surface area contributed by atoms with Gasteiger partial charge >= 0.3 is 5.69 Å². The van der Waals surface area contributed by atoms with Crippen LogP contribution in [0.5, 0.6) is 0 Å². The van der Waals surface area contributed by atoms with Crippen molar-refractivity contribution >= 4 is 0 Å². The zero-order chi connectivity index (χ0) is 17.1. The number of hydrogen-bond acceptors (Lipinski definition) is 7. The Kier molecular flexibility index (Phi) is 5.71. The molecule has 9 nitrogen and oxygen atoms in total. The SMILES string of the molecule is COCC[C@H](N)[C@H]1O[C@@H](n2cc(C)c(=O)[nH]c2=O)[C@H](OC)[C@@H]1O. The predicted molar refractivity (Wildman–Crippen MR) is 81.2 cm³/mol. The van der Waals surface area contributed by atoms with Crippen molar-refractivity contribution in [1.29, 1.82) is 0 Å². The molecule has 1 saturated heterocycles. The van der Waals surface area contributed by atoms with Crippen molar-refractivity contribution in [3.8, 4) is 0 Å². The van der Waals surface area contributed by atoms with E-state index in [0.29, 0.717) is 18.6 Å². The molecule has 1 aromatic heterocycles. The first kappa shape index (κ1) is 17.8. The van der Waals surface area contributed by atoms with Gasteiger partial charge < -0.3 is 25.1 Å². The lowest BCUT2D eigenvalue weighted by Crippen LogP contribution is -2.44. The van der Waals surface area contributed by atoms with E-state index in [2.05, 4.69) is 4.98 Å². The maximum absolute atomic E-state index is 12.0. The van der Waals surface area contributed by atoms with Gasteiger partial charge in [0.25, 0.3) is 5.56 Å². The van der Waals surface area contributed by atoms with Crippen molar-refractivity contribution in [3.63, 3.8) is 0 Å². The Hall–Kier alpha value is -1.52. The fourth-order valence-electron chi connectivity index (χ4n) is 2.70. The average Bonchev–Trinajstić information content (AvgIpc) is 2.85. The number of aromatic nitrogens is 2. The normalized spacial score (nSPS) is 28.9. The second kappa shape index (κ2) is 7.37.